The van der Waals surface area contributed by atoms with Crippen LogP contribution < -0.4 is 11.1 Å². The third-order valence-corrected chi connectivity index (χ3v) is 2.60. The van der Waals surface area contributed by atoms with Crippen LogP contribution in [0, 0.1) is 0 Å². The molecule has 0 unspecified atom stereocenters. The molecule has 1 aromatic heterocycles. The lowest BCUT2D eigenvalue weighted by molar-refractivity contribution is 0.306. The third-order valence-electron chi connectivity index (χ3n) is 2.60. The summed E-state index contributed by atoms with van der Waals surface area (Å²) in [5.41, 5.74) is 5.86. The van der Waals surface area contributed by atoms with Crippen LogP contribution in [-0.4, -0.2) is 15.5 Å². The Morgan fingerprint density at radius 1 is 1.38 bits per heavy atom. The maximum absolute atomic E-state index is 5.67. The molecule has 1 aliphatic carbocycles. The Bertz CT molecular complexity index is 306. The lowest BCUT2D eigenvalue weighted by Gasteiger charge is -2.39. The minimum atomic E-state index is 0.185. The predicted octanol–water partition coefficient (Wildman–Crippen LogP) is 1.41. The number of anilines is 2. The Morgan fingerprint density at radius 3 is 2.62 bits per heavy atom. The Morgan fingerprint density at radius 2 is 2.08 bits per heavy atom. The molecule has 70 valence electrons. The number of nitrogens with one attached hydrogen (secondary N) is 1. The summed E-state index contributed by atoms with van der Waals surface area (Å²) in [6.45, 7) is 2.19. The minimum Gasteiger partial charge on any atom is -0.381 e. The Kier molecular flexibility index (Phi) is 1.83. The van der Waals surface area contributed by atoms with Crippen LogP contribution in [0.4, 0.5) is 11.6 Å². The zero-order chi connectivity index (χ0) is 9.31. The van der Waals surface area contributed by atoms with E-state index in [1.807, 2.05) is 0 Å². The summed E-state index contributed by atoms with van der Waals surface area (Å²) in [5, 5.41) is 3.32. The fourth-order valence-corrected chi connectivity index (χ4v) is 1.56. The van der Waals surface area contributed by atoms with Crippen molar-refractivity contribution in [2.45, 2.75) is 31.7 Å². The molecule has 0 amide bonds. The molecule has 0 aromatic carbocycles. The topological polar surface area (TPSA) is 63.8 Å². The van der Waals surface area contributed by atoms with E-state index >= 15 is 0 Å². The average Bonchev–Trinajstić information content (AvgIpc) is 2.06. The SMILES string of the molecule is CC1(Nc2nccnc2N)CCC1. The zero-order valence-corrected chi connectivity index (χ0v) is 7.75. The molecule has 0 bridgehead atoms. The van der Waals surface area contributed by atoms with Crippen LogP contribution in [0.15, 0.2) is 12.4 Å². The van der Waals surface area contributed by atoms with Crippen LogP contribution in [0.5, 0.6) is 0 Å². The van der Waals surface area contributed by atoms with Crippen molar-refractivity contribution in [2.24, 2.45) is 0 Å². The van der Waals surface area contributed by atoms with Crippen LogP contribution >= 0.6 is 0 Å². The van der Waals surface area contributed by atoms with E-state index in [4.69, 9.17) is 5.73 Å². The highest BCUT2D eigenvalue weighted by molar-refractivity contribution is 5.56. The second-order valence-corrected chi connectivity index (χ2v) is 3.83. The highest BCUT2D eigenvalue weighted by Crippen LogP contribution is 2.34. The molecule has 1 fully saturated rings. The largest absolute Gasteiger partial charge is 0.381 e. The molecule has 2 rings (SSSR count). The van der Waals surface area contributed by atoms with Gasteiger partial charge in [-0.2, -0.15) is 0 Å². The van der Waals surface area contributed by atoms with Crippen molar-refractivity contribution in [2.75, 3.05) is 11.1 Å². The summed E-state index contributed by atoms with van der Waals surface area (Å²) in [5.74, 6) is 1.19. The van der Waals surface area contributed by atoms with E-state index in [-0.39, 0.29) is 5.54 Å². The van der Waals surface area contributed by atoms with Gasteiger partial charge >= 0.3 is 0 Å². The molecular formula is C9H14N4. The zero-order valence-electron chi connectivity index (χ0n) is 7.75. The van der Waals surface area contributed by atoms with Gasteiger partial charge in [0, 0.05) is 17.9 Å². The van der Waals surface area contributed by atoms with Crippen LogP contribution in [0.25, 0.3) is 0 Å². The molecule has 13 heavy (non-hydrogen) atoms. The van der Waals surface area contributed by atoms with Gasteiger partial charge < -0.3 is 11.1 Å². The van der Waals surface area contributed by atoms with Gasteiger partial charge in [-0.3, -0.25) is 0 Å². The second kappa shape index (κ2) is 2.87. The van der Waals surface area contributed by atoms with E-state index < -0.39 is 0 Å². The third kappa shape index (κ3) is 1.56. The number of nitrogens with zero attached hydrogens (tertiary/aromatic N) is 2. The Balaban J connectivity index is 2.13. The number of nitrogen functional groups attached to an aromatic ring is 1. The Hall–Kier alpha value is -1.32. The highest BCUT2D eigenvalue weighted by Gasteiger charge is 2.32. The maximum Gasteiger partial charge on any atom is 0.169 e. The van der Waals surface area contributed by atoms with Gasteiger partial charge in [-0.1, -0.05) is 0 Å². The average molecular weight is 178 g/mol. The fourth-order valence-electron chi connectivity index (χ4n) is 1.56. The predicted molar refractivity (Wildman–Crippen MR) is 52.3 cm³/mol. The smallest absolute Gasteiger partial charge is 0.169 e. The van der Waals surface area contributed by atoms with Crippen LogP contribution in [0.1, 0.15) is 26.2 Å². The quantitative estimate of drug-likeness (QED) is 0.718. The molecule has 1 heterocycles. The highest BCUT2D eigenvalue weighted by atomic mass is 15.1. The molecular weight excluding hydrogens is 164 g/mol. The van der Waals surface area contributed by atoms with E-state index in [9.17, 15) is 0 Å². The number of nitrogens with two attached hydrogens (primary N) is 1. The normalized spacial score (nSPS) is 19.2. The van der Waals surface area contributed by atoms with Gasteiger partial charge in [0.05, 0.1) is 0 Å². The van der Waals surface area contributed by atoms with Gasteiger partial charge in [0.1, 0.15) is 0 Å². The number of hydrogen-bond acceptors (Lipinski definition) is 4. The molecule has 0 atom stereocenters. The summed E-state index contributed by atoms with van der Waals surface area (Å²) >= 11 is 0. The minimum absolute atomic E-state index is 0.185. The van der Waals surface area contributed by atoms with Crippen molar-refractivity contribution in [1.29, 1.82) is 0 Å². The van der Waals surface area contributed by atoms with Crippen LogP contribution in [0.2, 0.25) is 0 Å². The lowest BCUT2D eigenvalue weighted by atomic mass is 9.78. The number of hydrogen-bond donors (Lipinski definition) is 2. The van der Waals surface area contributed by atoms with E-state index in [2.05, 4.69) is 22.2 Å². The molecule has 4 heteroatoms. The summed E-state index contributed by atoms with van der Waals surface area (Å²) in [6, 6.07) is 0. The van der Waals surface area contributed by atoms with Gasteiger partial charge in [0.15, 0.2) is 11.6 Å². The number of aromatic nitrogens is 2. The monoisotopic (exact) mass is 178 g/mol. The molecule has 0 aliphatic heterocycles. The van der Waals surface area contributed by atoms with Crippen molar-refractivity contribution < 1.29 is 0 Å². The first-order valence-electron chi connectivity index (χ1n) is 4.54. The van der Waals surface area contributed by atoms with Crippen molar-refractivity contribution in [3.8, 4) is 0 Å². The van der Waals surface area contributed by atoms with Crippen LogP contribution in [-0.2, 0) is 0 Å². The second-order valence-electron chi connectivity index (χ2n) is 3.83. The summed E-state index contributed by atoms with van der Waals surface area (Å²) < 4.78 is 0. The van der Waals surface area contributed by atoms with E-state index in [1.165, 1.54) is 19.3 Å². The lowest BCUT2D eigenvalue weighted by Crippen LogP contribution is -2.42. The standard InChI is InChI=1S/C9H14N4/c1-9(3-2-4-9)13-8-7(10)11-5-6-12-8/h5-6H,2-4H2,1H3,(H2,10,11)(H,12,13). The molecule has 0 saturated heterocycles. The van der Waals surface area contributed by atoms with Gasteiger partial charge in [0.2, 0.25) is 0 Å². The van der Waals surface area contributed by atoms with E-state index in [1.54, 1.807) is 12.4 Å². The molecule has 4 nitrogen and oxygen atoms in total. The molecule has 0 spiro atoms. The molecule has 3 N–H and O–H groups in total. The van der Waals surface area contributed by atoms with Gasteiger partial charge in [0.25, 0.3) is 0 Å². The summed E-state index contributed by atoms with van der Waals surface area (Å²) in [7, 11) is 0. The van der Waals surface area contributed by atoms with Crippen molar-refractivity contribution in [3.05, 3.63) is 12.4 Å². The molecule has 0 radical (unpaired) electrons. The van der Waals surface area contributed by atoms with E-state index in [0.29, 0.717) is 11.6 Å². The van der Waals surface area contributed by atoms with Gasteiger partial charge in [-0.25, -0.2) is 9.97 Å². The first kappa shape index (κ1) is 8.29. The van der Waals surface area contributed by atoms with Crippen molar-refractivity contribution >= 4 is 11.6 Å². The van der Waals surface area contributed by atoms with Crippen LogP contribution in [0.3, 0.4) is 0 Å². The fraction of sp³-hybridized carbons (Fsp3) is 0.556. The summed E-state index contributed by atoms with van der Waals surface area (Å²) in [4.78, 5) is 8.12. The van der Waals surface area contributed by atoms with Gasteiger partial charge in [-0.15, -0.1) is 0 Å². The molecule has 1 aromatic rings. The number of rotatable bonds is 2. The van der Waals surface area contributed by atoms with Gasteiger partial charge in [-0.05, 0) is 26.2 Å². The Labute approximate surface area is 77.6 Å². The van der Waals surface area contributed by atoms with Crippen molar-refractivity contribution in [3.63, 3.8) is 0 Å². The van der Waals surface area contributed by atoms with Crippen molar-refractivity contribution in [1.82, 2.24) is 9.97 Å². The maximum atomic E-state index is 5.67. The van der Waals surface area contributed by atoms with E-state index in [0.717, 1.165) is 0 Å². The summed E-state index contributed by atoms with van der Waals surface area (Å²) in [6.07, 6.45) is 6.90. The first-order valence-corrected chi connectivity index (χ1v) is 4.54. The first-order chi connectivity index (χ1) is 6.20. The molecule has 1 saturated carbocycles. The molecule has 1 aliphatic rings.